The molecule has 1 aliphatic carbocycles. The number of fused-ring (bicyclic) bond motifs is 2. The van der Waals surface area contributed by atoms with E-state index in [4.69, 9.17) is 9.90 Å². The van der Waals surface area contributed by atoms with E-state index in [0.717, 1.165) is 38.5 Å². The lowest BCUT2D eigenvalue weighted by atomic mass is 9.81. The highest BCUT2D eigenvalue weighted by Gasteiger charge is 2.54. The molecule has 1 saturated heterocycles. The summed E-state index contributed by atoms with van der Waals surface area (Å²) in [6.45, 7) is 3.76. The van der Waals surface area contributed by atoms with Gasteiger partial charge in [0.15, 0.2) is 0 Å². The number of aliphatic carboxylic acids is 1. The summed E-state index contributed by atoms with van der Waals surface area (Å²) < 4.78 is 31.7. The van der Waals surface area contributed by atoms with E-state index in [0.29, 0.717) is 5.91 Å². The molecule has 3 heterocycles. The Morgan fingerprint density at radius 3 is 2.52 bits per heavy atom. The molecule has 1 atom stereocenters. The van der Waals surface area contributed by atoms with Crippen molar-refractivity contribution in [3.63, 3.8) is 0 Å². The first-order chi connectivity index (χ1) is 14.7. The molecule has 1 aromatic carbocycles. The minimum Gasteiger partial charge on any atom is -0.475 e. The number of carbonyl (C=O) groups is 2. The molecule has 1 saturated carbocycles. The van der Waals surface area contributed by atoms with Crippen LogP contribution in [0.15, 0.2) is 41.8 Å². The molecule has 0 bridgehead atoms. The number of rotatable bonds is 4. The third kappa shape index (κ3) is 4.48. The van der Waals surface area contributed by atoms with Crippen molar-refractivity contribution in [1.82, 2.24) is 4.90 Å². The topological polar surface area (TPSA) is 60.9 Å². The average Bonchev–Trinajstić information content (AvgIpc) is 3.13. The number of thiophene rings is 1. The molecule has 2 aromatic rings. The number of halogens is 3. The summed E-state index contributed by atoms with van der Waals surface area (Å²) in [4.78, 5) is 28.2. The lowest BCUT2D eigenvalue weighted by molar-refractivity contribution is -0.192. The van der Waals surface area contributed by atoms with Gasteiger partial charge in [-0.1, -0.05) is 24.3 Å². The highest BCUT2D eigenvalue weighted by molar-refractivity contribution is 7.09. The van der Waals surface area contributed by atoms with Crippen molar-refractivity contribution in [2.75, 3.05) is 24.5 Å². The molecule has 5 rings (SSSR count). The second kappa shape index (κ2) is 8.27. The Hall–Kier alpha value is -2.39. The Kier molecular flexibility index (Phi) is 5.83. The summed E-state index contributed by atoms with van der Waals surface area (Å²) in [5, 5.41) is 9.26. The molecule has 0 radical (unpaired) electrons. The summed E-state index contributed by atoms with van der Waals surface area (Å²) >= 11 is 1.81. The van der Waals surface area contributed by atoms with Crippen LogP contribution in [0.5, 0.6) is 0 Å². The van der Waals surface area contributed by atoms with Crippen LogP contribution in [0.3, 0.4) is 0 Å². The van der Waals surface area contributed by atoms with Gasteiger partial charge in [-0.2, -0.15) is 13.2 Å². The van der Waals surface area contributed by atoms with Crippen LogP contribution in [0.1, 0.15) is 29.7 Å². The van der Waals surface area contributed by atoms with Crippen LogP contribution >= 0.6 is 11.3 Å². The molecule has 2 fully saturated rings. The molecule has 3 aliphatic rings. The van der Waals surface area contributed by atoms with E-state index in [1.165, 1.54) is 29.0 Å². The van der Waals surface area contributed by atoms with Gasteiger partial charge in [0.05, 0.1) is 5.41 Å². The Labute approximate surface area is 182 Å². The second-order valence-electron chi connectivity index (χ2n) is 8.30. The molecule has 1 aromatic heterocycles. The first-order valence-electron chi connectivity index (χ1n) is 10.2. The van der Waals surface area contributed by atoms with E-state index in [1.807, 2.05) is 11.3 Å². The van der Waals surface area contributed by atoms with Gasteiger partial charge in [0, 0.05) is 30.2 Å². The number of benzene rings is 1. The standard InChI is InChI=1S/C20H22N2OS.C2HF3O2/c23-19-20(9-10-21(14-20)13-16-4-3-11-24-16)17-5-1-2-6-18(17)22(19)12-15-7-8-15;3-2(4,5)1(6)7/h1-6,11,15H,7-10,12-14H2;(H,6,7). The van der Waals surface area contributed by atoms with E-state index in [-0.39, 0.29) is 5.41 Å². The molecular formula is C22H23F3N2O3S. The van der Waals surface area contributed by atoms with Crippen molar-refractivity contribution in [3.8, 4) is 0 Å². The van der Waals surface area contributed by atoms with Crippen LogP contribution < -0.4 is 4.90 Å². The number of carboxylic acids is 1. The van der Waals surface area contributed by atoms with Gasteiger partial charge in [-0.3, -0.25) is 9.69 Å². The van der Waals surface area contributed by atoms with Crippen molar-refractivity contribution in [3.05, 3.63) is 52.2 Å². The zero-order chi connectivity index (χ0) is 22.2. The Morgan fingerprint density at radius 2 is 1.90 bits per heavy atom. The van der Waals surface area contributed by atoms with Crippen LogP contribution in [0.4, 0.5) is 18.9 Å². The Balaban J connectivity index is 0.000000289. The number of likely N-dealkylation sites (tertiary alicyclic amines) is 1. The molecule has 1 spiro atoms. The minimum absolute atomic E-state index is 0.303. The molecule has 2 aliphatic heterocycles. The van der Waals surface area contributed by atoms with Crippen molar-refractivity contribution in [2.45, 2.75) is 37.4 Å². The highest BCUT2D eigenvalue weighted by Crippen LogP contribution is 2.48. The minimum atomic E-state index is -5.08. The van der Waals surface area contributed by atoms with Gasteiger partial charge >= 0.3 is 12.1 Å². The number of carbonyl (C=O) groups excluding carboxylic acids is 1. The van der Waals surface area contributed by atoms with Gasteiger partial charge in [-0.25, -0.2) is 4.79 Å². The largest absolute Gasteiger partial charge is 0.490 e. The van der Waals surface area contributed by atoms with Gasteiger partial charge in [-0.05, 0) is 54.8 Å². The van der Waals surface area contributed by atoms with Gasteiger partial charge in [0.2, 0.25) is 5.91 Å². The van der Waals surface area contributed by atoms with E-state index in [9.17, 15) is 18.0 Å². The number of para-hydroxylation sites is 1. The smallest absolute Gasteiger partial charge is 0.475 e. The molecule has 31 heavy (non-hydrogen) atoms. The second-order valence-corrected chi connectivity index (χ2v) is 9.33. The summed E-state index contributed by atoms with van der Waals surface area (Å²) in [5.41, 5.74) is 2.14. The number of anilines is 1. The SMILES string of the molecule is O=C(O)C(F)(F)F.O=C1N(CC2CC2)c2ccccc2C12CCN(Cc1cccs1)C2. The van der Waals surface area contributed by atoms with Crippen LogP contribution in [-0.4, -0.2) is 47.7 Å². The van der Waals surface area contributed by atoms with Crippen LogP contribution in [-0.2, 0) is 21.5 Å². The van der Waals surface area contributed by atoms with E-state index in [1.54, 1.807) is 0 Å². The summed E-state index contributed by atoms with van der Waals surface area (Å²) in [6, 6.07) is 12.8. The van der Waals surface area contributed by atoms with E-state index >= 15 is 0 Å². The predicted octanol–water partition coefficient (Wildman–Crippen LogP) is 4.28. The first kappa shape index (κ1) is 21.8. The molecule has 166 valence electrons. The summed E-state index contributed by atoms with van der Waals surface area (Å²) in [6.07, 6.45) is -1.57. The van der Waals surface area contributed by atoms with Gasteiger partial charge in [0.25, 0.3) is 0 Å². The lowest BCUT2D eigenvalue weighted by Gasteiger charge is -2.24. The third-order valence-corrected chi connectivity index (χ3v) is 6.91. The maximum atomic E-state index is 13.4. The molecule has 1 amide bonds. The monoisotopic (exact) mass is 452 g/mol. The molecular weight excluding hydrogens is 429 g/mol. The Morgan fingerprint density at radius 1 is 1.19 bits per heavy atom. The zero-order valence-corrected chi connectivity index (χ0v) is 17.6. The van der Waals surface area contributed by atoms with Crippen molar-refractivity contribution in [1.29, 1.82) is 0 Å². The fourth-order valence-corrected chi connectivity index (χ4v) is 5.12. The molecule has 5 nitrogen and oxygen atoms in total. The molecule has 1 N–H and O–H groups in total. The van der Waals surface area contributed by atoms with Crippen molar-refractivity contribution < 1.29 is 27.9 Å². The predicted molar refractivity (Wildman–Crippen MR) is 111 cm³/mol. The first-order valence-corrected chi connectivity index (χ1v) is 11.0. The number of alkyl halides is 3. The third-order valence-electron chi connectivity index (χ3n) is 6.05. The molecule has 9 heteroatoms. The number of nitrogens with zero attached hydrogens (tertiary/aromatic N) is 2. The number of hydrogen-bond acceptors (Lipinski definition) is 4. The zero-order valence-electron chi connectivity index (χ0n) is 16.8. The van der Waals surface area contributed by atoms with Crippen LogP contribution in [0.25, 0.3) is 0 Å². The quantitative estimate of drug-likeness (QED) is 0.752. The summed E-state index contributed by atoms with van der Waals surface area (Å²) in [5.74, 6) is -1.68. The van der Waals surface area contributed by atoms with E-state index < -0.39 is 12.1 Å². The van der Waals surface area contributed by atoms with Gasteiger partial charge in [0.1, 0.15) is 0 Å². The fraction of sp³-hybridized carbons (Fsp3) is 0.455. The summed E-state index contributed by atoms with van der Waals surface area (Å²) in [7, 11) is 0. The highest BCUT2D eigenvalue weighted by atomic mass is 32.1. The fourth-order valence-electron chi connectivity index (χ4n) is 4.38. The molecule has 1 unspecified atom stereocenters. The number of carboxylic acid groups (broad SMARTS) is 1. The number of amides is 1. The maximum Gasteiger partial charge on any atom is 0.490 e. The van der Waals surface area contributed by atoms with Crippen molar-refractivity contribution >= 4 is 28.9 Å². The van der Waals surface area contributed by atoms with Crippen LogP contribution in [0.2, 0.25) is 0 Å². The van der Waals surface area contributed by atoms with Gasteiger partial charge < -0.3 is 10.0 Å². The number of hydrogen-bond donors (Lipinski definition) is 1. The lowest BCUT2D eigenvalue weighted by Crippen LogP contribution is -2.43. The normalized spacial score (nSPS) is 23.1. The van der Waals surface area contributed by atoms with Crippen LogP contribution in [0, 0.1) is 5.92 Å². The van der Waals surface area contributed by atoms with Crippen molar-refractivity contribution in [2.24, 2.45) is 5.92 Å². The van der Waals surface area contributed by atoms with E-state index in [2.05, 4.69) is 51.6 Å². The maximum absolute atomic E-state index is 13.4. The average molecular weight is 452 g/mol. The Bertz CT molecular complexity index is 959. The van der Waals surface area contributed by atoms with Gasteiger partial charge in [-0.15, -0.1) is 11.3 Å².